The first-order valence-corrected chi connectivity index (χ1v) is 11.3. The van der Waals surface area contributed by atoms with Crippen LogP contribution in [-0.4, -0.2) is 19.5 Å². The molecule has 126 valence electrons. The number of primary amides is 1. The van der Waals surface area contributed by atoms with Crippen LogP contribution in [0, 0.1) is 17.7 Å². The zero-order valence-corrected chi connectivity index (χ0v) is 15.6. The van der Waals surface area contributed by atoms with Crippen molar-refractivity contribution < 1.29 is 9.18 Å². The van der Waals surface area contributed by atoms with Gasteiger partial charge in [0, 0.05) is 8.41 Å². The van der Waals surface area contributed by atoms with Gasteiger partial charge in [0.2, 0.25) is 5.91 Å². The number of carbonyl (C=O) groups is 1. The average Bonchev–Trinajstić information content (AvgIpc) is 3.19. The van der Waals surface area contributed by atoms with Crippen molar-refractivity contribution in [3.05, 3.63) is 40.2 Å². The summed E-state index contributed by atoms with van der Waals surface area (Å²) in [6, 6.07) is 3.40. The van der Waals surface area contributed by atoms with Crippen LogP contribution in [0.3, 0.4) is 0 Å². The van der Waals surface area contributed by atoms with Crippen LogP contribution >= 0.6 is 0 Å². The molecular formula is C20H24FNOSi. The predicted octanol–water partition coefficient (Wildman–Crippen LogP) is 3.45. The van der Waals surface area contributed by atoms with Crippen LogP contribution in [0.1, 0.15) is 42.9 Å². The van der Waals surface area contributed by atoms with Gasteiger partial charge in [-0.2, -0.15) is 0 Å². The van der Waals surface area contributed by atoms with Gasteiger partial charge in [-0.15, -0.1) is 0 Å². The number of rotatable bonds is 2. The molecule has 0 radical (unpaired) electrons. The van der Waals surface area contributed by atoms with Crippen molar-refractivity contribution in [1.82, 2.24) is 0 Å². The van der Waals surface area contributed by atoms with Gasteiger partial charge in [-0.05, 0) is 67.2 Å². The molecule has 1 amide bonds. The van der Waals surface area contributed by atoms with Crippen LogP contribution in [0.15, 0.2) is 17.7 Å². The van der Waals surface area contributed by atoms with E-state index >= 15 is 0 Å². The van der Waals surface area contributed by atoms with Crippen molar-refractivity contribution in [3.63, 3.8) is 0 Å². The molecule has 0 aromatic heterocycles. The smallest absolute Gasteiger partial charge is 0.232 e. The van der Waals surface area contributed by atoms with Gasteiger partial charge in [-0.3, -0.25) is 4.79 Å². The normalized spacial score (nSPS) is 30.5. The molecule has 2 bridgehead atoms. The van der Waals surface area contributed by atoms with Gasteiger partial charge in [0.1, 0.15) is 5.82 Å². The lowest BCUT2D eigenvalue weighted by molar-refractivity contribution is -0.122. The molecule has 0 heterocycles. The van der Waals surface area contributed by atoms with Gasteiger partial charge in [0.25, 0.3) is 0 Å². The zero-order chi connectivity index (χ0) is 17.2. The van der Waals surface area contributed by atoms with Crippen molar-refractivity contribution in [1.29, 1.82) is 0 Å². The lowest BCUT2D eigenvalue weighted by atomic mass is 9.66. The maximum Gasteiger partial charge on any atom is 0.232 e. The Morgan fingerprint density at radius 3 is 2.75 bits per heavy atom. The lowest BCUT2D eigenvalue weighted by Crippen LogP contribution is -2.54. The molecule has 0 aliphatic heterocycles. The van der Waals surface area contributed by atoms with E-state index < -0.39 is 13.8 Å². The number of amides is 1. The molecule has 1 aromatic rings. The maximum absolute atomic E-state index is 14.4. The van der Waals surface area contributed by atoms with Crippen LogP contribution in [-0.2, 0) is 16.6 Å². The summed E-state index contributed by atoms with van der Waals surface area (Å²) in [5.74, 6) is 0.435. The molecule has 2 N–H and O–H groups in total. The highest BCUT2D eigenvalue weighted by Crippen LogP contribution is 2.56. The second-order valence-electron chi connectivity index (χ2n) is 7.95. The highest BCUT2D eigenvalue weighted by molar-refractivity contribution is 6.72. The third-order valence-corrected chi connectivity index (χ3v) is 8.26. The number of hydrogen-bond donors (Lipinski definition) is 1. The molecule has 3 unspecified atom stereocenters. The monoisotopic (exact) mass is 341 g/mol. The second-order valence-corrected chi connectivity index (χ2v) is 10.5. The second kappa shape index (κ2) is 5.22. The Balaban J connectivity index is 2.05. The zero-order valence-electron chi connectivity index (χ0n) is 14.6. The number of hydrogen-bond acceptors (Lipinski definition) is 1. The molecule has 3 atom stereocenters. The molecule has 2 saturated carbocycles. The number of benzene rings is 1. The minimum absolute atomic E-state index is 0.162. The van der Waals surface area contributed by atoms with E-state index in [4.69, 9.17) is 5.73 Å². The van der Waals surface area contributed by atoms with E-state index in [0.29, 0.717) is 18.3 Å². The first kappa shape index (κ1) is 15.9. The van der Waals surface area contributed by atoms with E-state index in [-0.39, 0.29) is 11.7 Å². The Labute approximate surface area is 144 Å². The van der Waals surface area contributed by atoms with Crippen molar-refractivity contribution in [2.24, 2.45) is 17.6 Å². The Morgan fingerprint density at radius 2 is 2.08 bits per heavy atom. The fourth-order valence-electron chi connectivity index (χ4n) is 5.72. The van der Waals surface area contributed by atoms with Gasteiger partial charge < -0.3 is 5.73 Å². The van der Waals surface area contributed by atoms with Crippen LogP contribution in [0.5, 0.6) is 0 Å². The topological polar surface area (TPSA) is 43.1 Å². The standard InChI is InChI=1S/C20H24FNOSi/c1-11-8-14-15(9-11)17(21)7-6-16(14)20(19(22)23)13-5-4-12(10-13)18(20)24(2)3/h6-8,12-13H,4-5,9-10H2,1-3H3,(H2,22,23). The Morgan fingerprint density at radius 1 is 1.33 bits per heavy atom. The summed E-state index contributed by atoms with van der Waals surface area (Å²) in [5.41, 5.74) is 9.23. The first-order valence-electron chi connectivity index (χ1n) is 8.84. The number of fused-ring (bicyclic) bond motifs is 3. The van der Waals surface area contributed by atoms with Crippen LogP contribution in [0.25, 0.3) is 6.08 Å². The molecule has 3 aliphatic carbocycles. The molecule has 4 rings (SSSR count). The van der Waals surface area contributed by atoms with Crippen LogP contribution < -0.4 is 5.73 Å². The van der Waals surface area contributed by atoms with Crippen molar-refractivity contribution in [2.75, 3.05) is 0 Å². The first-order chi connectivity index (χ1) is 11.4. The maximum atomic E-state index is 14.4. The fourth-order valence-corrected chi connectivity index (χ4v) is 8.05. The van der Waals surface area contributed by atoms with E-state index in [1.807, 2.05) is 13.0 Å². The Bertz CT molecular complexity index is 821. The molecule has 24 heavy (non-hydrogen) atoms. The van der Waals surface area contributed by atoms with Crippen LogP contribution in [0.2, 0.25) is 13.1 Å². The highest BCUT2D eigenvalue weighted by Gasteiger charge is 2.60. The number of carbonyl (C=O) groups excluding carboxylic acids is 1. The largest absolute Gasteiger partial charge is 0.369 e. The minimum atomic E-state index is -0.778. The number of allylic oxidation sites excluding steroid dienone is 1. The molecule has 1 aromatic carbocycles. The molecular weight excluding hydrogens is 317 g/mol. The summed E-state index contributed by atoms with van der Waals surface area (Å²) < 4.78 is 14.4. The molecule has 4 heteroatoms. The Kier molecular flexibility index (Phi) is 3.47. The van der Waals surface area contributed by atoms with E-state index in [1.165, 1.54) is 11.6 Å². The summed E-state index contributed by atoms with van der Waals surface area (Å²) in [5, 5.41) is 1.39. The van der Waals surface area contributed by atoms with E-state index in [0.717, 1.165) is 35.1 Å². The van der Waals surface area contributed by atoms with Gasteiger partial charge in [-0.1, -0.05) is 36.0 Å². The molecule has 2 fully saturated rings. The highest BCUT2D eigenvalue weighted by atomic mass is 28.2. The Hall–Kier alpha value is -1.55. The molecule has 2 nitrogen and oxygen atoms in total. The summed E-state index contributed by atoms with van der Waals surface area (Å²) >= 11 is 0. The summed E-state index contributed by atoms with van der Waals surface area (Å²) in [4.78, 5) is 12.9. The van der Waals surface area contributed by atoms with Gasteiger partial charge in [0.15, 0.2) is 0 Å². The fraction of sp³-hybridized carbons (Fsp3) is 0.500. The summed E-state index contributed by atoms with van der Waals surface area (Å²) in [7, 11) is -0.778. The average molecular weight is 342 g/mol. The number of nitrogens with two attached hydrogens (primary N) is 1. The quantitative estimate of drug-likeness (QED) is 0.823. The summed E-state index contributed by atoms with van der Waals surface area (Å²) in [6.07, 6.45) is 6.02. The van der Waals surface area contributed by atoms with Crippen LogP contribution in [0.4, 0.5) is 4.39 Å². The summed E-state index contributed by atoms with van der Waals surface area (Å²) in [6.45, 7) is 6.56. The van der Waals surface area contributed by atoms with E-state index in [2.05, 4.69) is 19.2 Å². The van der Waals surface area contributed by atoms with Gasteiger partial charge in [0.05, 0.1) is 5.41 Å². The third kappa shape index (κ3) is 1.86. The number of halogens is 1. The van der Waals surface area contributed by atoms with Crippen molar-refractivity contribution in [3.8, 4) is 0 Å². The molecule has 0 saturated heterocycles. The minimum Gasteiger partial charge on any atom is -0.369 e. The van der Waals surface area contributed by atoms with Crippen molar-refractivity contribution >= 4 is 25.6 Å². The van der Waals surface area contributed by atoms with Gasteiger partial charge >= 0.3 is 0 Å². The molecule has 3 aliphatic rings. The van der Waals surface area contributed by atoms with Gasteiger partial charge in [-0.25, -0.2) is 4.39 Å². The molecule has 0 spiro atoms. The van der Waals surface area contributed by atoms with Crippen molar-refractivity contribution in [2.45, 2.75) is 51.1 Å². The lowest BCUT2D eigenvalue weighted by Gasteiger charge is -2.40. The van der Waals surface area contributed by atoms with E-state index in [1.54, 1.807) is 6.07 Å². The van der Waals surface area contributed by atoms with E-state index in [9.17, 15) is 9.18 Å². The predicted molar refractivity (Wildman–Crippen MR) is 97.9 cm³/mol. The third-order valence-electron chi connectivity index (χ3n) is 6.38. The SMILES string of the molecule is CC1=Cc2c(C3(C(N)=O)C(=[Si](C)C)C4CCC3C4)ccc(F)c2C1.